The smallest absolute Gasteiger partial charge is 0.321 e. The first kappa shape index (κ1) is 12.7. The highest BCUT2D eigenvalue weighted by Gasteiger charge is 2.33. The average molecular weight is 250 g/mol. The molecule has 0 aromatic heterocycles. The second kappa shape index (κ2) is 4.86. The Morgan fingerprint density at radius 1 is 1.56 bits per heavy atom. The Kier molecular flexibility index (Phi) is 3.43. The molecule has 1 atom stereocenters. The Morgan fingerprint density at radius 3 is 2.94 bits per heavy atom. The summed E-state index contributed by atoms with van der Waals surface area (Å²) >= 11 is 0. The van der Waals surface area contributed by atoms with E-state index in [0.717, 1.165) is 0 Å². The van der Waals surface area contributed by atoms with E-state index in [2.05, 4.69) is 5.32 Å². The van der Waals surface area contributed by atoms with Gasteiger partial charge >= 0.3 is 6.03 Å². The molecule has 18 heavy (non-hydrogen) atoms. The molecule has 0 spiro atoms. The zero-order valence-electron chi connectivity index (χ0n) is 10.6. The molecule has 2 N–H and O–H groups in total. The maximum absolute atomic E-state index is 12.0. The molecule has 1 aromatic carbocycles. The number of hydrogen-bond acceptors (Lipinski definition) is 3. The maximum atomic E-state index is 12.0. The van der Waals surface area contributed by atoms with Crippen LogP contribution in [0.25, 0.3) is 0 Å². The van der Waals surface area contributed by atoms with Gasteiger partial charge in [-0.15, -0.1) is 0 Å². The molecule has 1 aliphatic rings. The first-order valence-electron chi connectivity index (χ1n) is 5.92. The number of nitrogens with one attached hydrogen (secondary N) is 1. The fourth-order valence-electron chi connectivity index (χ4n) is 2.02. The Hall–Kier alpha value is -1.75. The Labute approximate surface area is 106 Å². The molecular weight excluding hydrogens is 232 g/mol. The van der Waals surface area contributed by atoms with Gasteiger partial charge in [-0.2, -0.15) is 0 Å². The number of β-amino-alcohol motifs (C(OH)–C–C–N with tert-alkyl or cyclic N) is 1. The van der Waals surface area contributed by atoms with Crippen molar-refractivity contribution >= 4 is 11.7 Å². The van der Waals surface area contributed by atoms with Crippen molar-refractivity contribution < 1.29 is 14.6 Å². The van der Waals surface area contributed by atoms with Crippen LogP contribution >= 0.6 is 0 Å². The van der Waals surface area contributed by atoms with Gasteiger partial charge < -0.3 is 20.1 Å². The van der Waals surface area contributed by atoms with Crippen molar-refractivity contribution in [2.24, 2.45) is 0 Å². The number of carbonyl (C=O) groups is 1. The van der Waals surface area contributed by atoms with Crippen LogP contribution in [-0.2, 0) is 0 Å². The van der Waals surface area contributed by atoms with E-state index in [1.807, 2.05) is 12.1 Å². The number of methoxy groups -OCH3 is 1. The van der Waals surface area contributed by atoms with E-state index in [0.29, 0.717) is 30.9 Å². The molecule has 2 amide bonds. The minimum Gasteiger partial charge on any atom is -0.497 e. The normalized spacial score (nSPS) is 22.9. The summed E-state index contributed by atoms with van der Waals surface area (Å²) in [6, 6.07) is 6.99. The fourth-order valence-corrected chi connectivity index (χ4v) is 2.02. The molecule has 0 saturated carbocycles. The van der Waals surface area contributed by atoms with Crippen molar-refractivity contribution in [3.63, 3.8) is 0 Å². The van der Waals surface area contributed by atoms with Crippen molar-refractivity contribution in [2.75, 3.05) is 25.5 Å². The number of benzene rings is 1. The minimum atomic E-state index is -0.772. The van der Waals surface area contributed by atoms with E-state index in [1.165, 1.54) is 0 Å². The quantitative estimate of drug-likeness (QED) is 0.839. The van der Waals surface area contributed by atoms with Crippen molar-refractivity contribution in [2.45, 2.75) is 18.9 Å². The van der Waals surface area contributed by atoms with E-state index in [9.17, 15) is 9.90 Å². The van der Waals surface area contributed by atoms with Crippen LogP contribution in [0.2, 0.25) is 0 Å². The van der Waals surface area contributed by atoms with Gasteiger partial charge in [-0.3, -0.25) is 0 Å². The average Bonchev–Trinajstić information content (AvgIpc) is 2.70. The zero-order chi connectivity index (χ0) is 13.2. The number of likely N-dealkylation sites (tertiary alicyclic amines) is 1. The number of nitrogens with zero attached hydrogens (tertiary/aromatic N) is 1. The molecule has 1 unspecified atom stereocenters. The predicted octanol–water partition coefficient (Wildman–Crippen LogP) is 1.68. The van der Waals surface area contributed by atoms with Gasteiger partial charge in [0.05, 0.1) is 19.3 Å². The molecule has 1 aromatic rings. The number of ether oxygens (including phenoxy) is 1. The maximum Gasteiger partial charge on any atom is 0.321 e. The van der Waals surface area contributed by atoms with Gasteiger partial charge in [-0.1, -0.05) is 6.07 Å². The Morgan fingerprint density at radius 2 is 2.33 bits per heavy atom. The second-order valence-electron chi connectivity index (χ2n) is 4.83. The molecule has 1 aliphatic heterocycles. The van der Waals surface area contributed by atoms with Crippen molar-refractivity contribution in [3.8, 4) is 5.75 Å². The summed E-state index contributed by atoms with van der Waals surface area (Å²) in [5.41, 5.74) is -0.0861. The Balaban J connectivity index is 1.99. The summed E-state index contributed by atoms with van der Waals surface area (Å²) in [5.74, 6) is 0.696. The molecule has 0 bridgehead atoms. The SMILES string of the molecule is COc1cccc(NC(=O)N2CCC(C)(O)C2)c1. The van der Waals surface area contributed by atoms with Gasteiger partial charge in [0.15, 0.2) is 0 Å². The first-order chi connectivity index (χ1) is 8.50. The lowest BCUT2D eigenvalue weighted by atomic mass is 10.1. The molecule has 0 radical (unpaired) electrons. The number of carbonyl (C=O) groups excluding carboxylic acids is 1. The van der Waals surface area contributed by atoms with E-state index >= 15 is 0 Å². The third-order valence-corrected chi connectivity index (χ3v) is 3.06. The largest absolute Gasteiger partial charge is 0.497 e. The number of anilines is 1. The van der Waals surface area contributed by atoms with Crippen LogP contribution in [0, 0.1) is 0 Å². The van der Waals surface area contributed by atoms with E-state index < -0.39 is 5.60 Å². The van der Waals surface area contributed by atoms with Crippen LogP contribution < -0.4 is 10.1 Å². The topological polar surface area (TPSA) is 61.8 Å². The summed E-state index contributed by atoms with van der Waals surface area (Å²) in [6.45, 7) is 2.68. The third kappa shape index (κ3) is 2.92. The van der Waals surface area contributed by atoms with Crippen molar-refractivity contribution in [1.82, 2.24) is 4.90 Å². The number of aliphatic hydroxyl groups is 1. The van der Waals surface area contributed by atoms with E-state index in [1.54, 1.807) is 31.1 Å². The van der Waals surface area contributed by atoms with Gasteiger partial charge in [-0.05, 0) is 25.5 Å². The summed E-state index contributed by atoms with van der Waals surface area (Å²) in [6.07, 6.45) is 0.610. The number of amides is 2. The van der Waals surface area contributed by atoms with Crippen LogP contribution in [-0.4, -0.2) is 41.8 Å². The molecule has 5 heteroatoms. The van der Waals surface area contributed by atoms with Crippen LogP contribution in [0.1, 0.15) is 13.3 Å². The van der Waals surface area contributed by atoms with Gasteiger partial charge in [0, 0.05) is 18.3 Å². The monoisotopic (exact) mass is 250 g/mol. The molecule has 1 heterocycles. The van der Waals surface area contributed by atoms with Gasteiger partial charge in [0.2, 0.25) is 0 Å². The molecule has 0 aliphatic carbocycles. The number of rotatable bonds is 2. The summed E-state index contributed by atoms with van der Waals surface area (Å²) in [7, 11) is 1.58. The van der Waals surface area contributed by atoms with E-state index in [4.69, 9.17) is 4.74 Å². The summed E-state index contributed by atoms with van der Waals surface area (Å²) in [5, 5.41) is 12.6. The molecular formula is C13H18N2O3. The van der Waals surface area contributed by atoms with Crippen molar-refractivity contribution in [1.29, 1.82) is 0 Å². The molecule has 1 saturated heterocycles. The standard InChI is InChI=1S/C13H18N2O3/c1-13(17)6-7-15(9-13)12(16)14-10-4-3-5-11(8-10)18-2/h3-5,8,17H,6-7,9H2,1-2H3,(H,14,16). The minimum absolute atomic E-state index is 0.193. The summed E-state index contributed by atoms with van der Waals surface area (Å²) < 4.78 is 5.09. The number of hydrogen-bond donors (Lipinski definition) is 2. The van der Waals surface area contributed by atoms with Gasteiger partial charge in [-0.25, -0.2) is 4.79 Å². The molecule has 1 fully saturated rings. The van der Waals surface area contributed by atoms with Gasteiger partial charge in [0.1, 0.15) is 5.75 Å². The van der Waals surface area contributed by atoms with Crippen LogP contribution in [0.5, 0.6) is 5.75 Å². The molecule has 2 rings (SSSR count). The summed E-state index contributed by atoms with van der Waals surface area (Å²) in [4.78, 5) is 13.6. The highest BCUT2D eigenvalue weighted by atomic mass is 16.5. The van der Waals surface area contributed by atoms with Crippen LogP contribution in [0.4, 0.5) is 10.5 Å². The lowest BCUT2D eigenvalue weighted by Gasteiger charge is -2.19. The second-order valence-corrected chi connectivity index (χ2v) is 4.83. The lowest BCUT2D eigenvalue weighted by Crippen LogP contribution is -2.36. The fraction of sp³-hybridized carbons (Fsp3) is 0.462. The number of urea groups is 1. The van der Waals surface area contributed by atoms with E-state index in [-0.39, 0.29) is 6.03 Å². The van der Waals surface area contributed by atoms with Crippen molar-refractivity contribution in [3.05, 3.63) is 24.3 Å². The molecule has 5 nitrogen and oxygen atoms in total. The highest BCUT2D eigenvalue weighted by molar-refractivity contribution is 5.89. The van der Waals surface area contributed by atoms with Crippen LogP contribution in [0.15, 0.2) is 24.3 Å². The van der Waals surface area contributed by atoms with Gasteiger partial charge in [0.25, 0.3) is 0 Å². The predicted molar refractivity (Wildman–Crippen MR) is 68.8 cm³/mol. The lowest BCUT2D eigenvalue weighted by molar-refractivity contribution is 0.0727. The third-order valence-electron chi connectivity index (χ3n) is 3.06. The zero-order valence-corrected chi connectivity index (χ0v) is 10.6. The van der Waals surface area contributed by atoms with Crippen LogP contribution in [0.3, 0.4) is 0 Å². The Bertz CT molecular complexity index is 446. The molecule has 98 valence electrons. The highest BCUT2D eigenvalue weighted by Crippen LogP contribution is 2.22. The first-order valence-corrected chi connectivity index (χ1v) is 5.92.